The first-order valence-electron chi connectivity index (χ1n) is 9.64. The van der Waals surface area contributed by atoms with Crippen molar-refractivity contribution in [3.05, 3.63) is 42.7 Å². The van der Waals surface area contributed by atoms with Gasteiger partial charge in [0.05, 0.1) is 6.61 Å². The number of ether oxygens (including phenoxy) is 1. The van der Waals surface area contributed by atoms with Crippen LogP contribution in [0.25, 0.3) is 11.4 Å². The van der Waals surface area contributed by atoms with E-state index in [2.05, 4.69) is 4.98 Å². The molecule has 0 atom stereocenters. The van der Waals surface area contributed by atoms with Crippen molar-refractivity contribution >= 4 is 5.97 Å². The lowest BCUT2D eigenvalue weighted by Gasteiger charge is -2.08. The Morgan fingerprint density at radius 3 is 2.31 bits per heavy atom. The van der Waals surface area contributed by atoms with E-state index in [4.69, 9.17) is 9.84 Å². The van der Waals surface area contributed by atoms with Crippen LogP contribution in [0.1, 0.15) is 51.4 Å². The maximum Gasteiger partial charge on any atom is 0.326 e. The molecule has 5 heteroatoms. The topological polar surface area (TPSA) is 64.4 Å². The molecule has 0 radical (unpaired) electrons. The number of nitrogens with zero attached hydrogens (tertiary/aromatic N) is 2. The van der Waals surface area contributed by atoms with E-state index in [0.717, 1.165) is 37.1 Å². The zero-order valence-electron chi connectivity index (χ0n) is 15.5. The van der Waals surface area contributed by atoms with Crippen LogP contribution >= 0.6 is 0 Å². The van der Waals surface area contributed by atoms with Gasteiger partial charge in [-0.05, 0) is 12.8 Å². The molecule has 0 aliphatic carbocycles. The number of aliphatic hydroxyl groups is 1. The molecule has 5 nitrogen and oxygen atoms in total. The Bertz CT molecular complexity index is 625. The third-order valence-electron chi connectivity index (χ3n) is 4.36. The van der Waals surface area contributed by atoms with Crippen molar-refractivity contribution in [2.75, 3.05) is 13.2 Å². The van der Waals surface area contributed by atoms with Gasteiger partial charge in [0.1, 0.15) is 12.4 Å². The van der Waals surface area contributed by atoms with Gasteiger partial charge >= 0.3 is 5.97 Å². The van der Waals surface area contributed by atoms with E-state index in [-0.39, 0.29) is 12.5 Å². The number of hydrogen-bond donors (Lipinski definition) is 1. The van der Waals surface area contributed by atoms with Crippen molar-refractivity contribution in [2.45, 2.75) is 57.9 Å². The Balaban J connectivity index is 1.58. The number of aromatic nitrogens is 2. The third kappa shape index (κ3) is 7.40. The molecule has 0 amide bonds. The highest BCUT2D eigenvalue weighted by atomic mass is 16.5. The Labute approximate surface area is 156 Å². The number of esters is 1. The standard InChI is InChI=1S/C21H30N2O3/c24-16-10-5-3-1-2-4-6-11-17-26-20(25)18-23-15-14-22-21(23)19-12-8-7-9-13-19/h7-9,12-15,24H,1-6,10-11,16-18H2. The van der Waals surface area contributed by atoms with Crippen molar-refractivity contribution in [1.82, 2.24) is 9.55 Å². The summed E-state index contributed by atoms with van der Waals surface area (Å²) in [6, 6.07) is 9.83. The first-order chi connectivity index (χ1) is 12.8. The van der Waals surface area contributed by atoms with E-state index in [1.807, 2.05) is 34.9 Å². The number of rotatable bonds is 13. The van der Waals surface area contributed by atoms with Crippen LogP contribution in [-0.2, 0) is 16.1 Å². The monoisotopic (exact) mass is 358 g/mol. The Hall–Kier alpha value is -2.14. The quantitative estimate of drug-likeness (QED) is 0.430. The first-order valence-corrected chi connectivity index (χ1v) is 9.64. The van der Waals surface area contributed by atoms with Crippen molar-refractivity contribution in [3.63, 3.8) is 0 Å². The van der Waals surface area contributed by atoms with Gasteiger partial charge in [-0.25, -0.2) is 4.98 Å². The molecule has 2 rings (SSSR count). The fourth-order valence-corrected chi connectivity index (χ4v) is 2.93. The molecule has 0 aliphatic rings. The Morgan fingerprint density at radius 1 is 0.962 bits per heavy atom. The molecule has 0 saturated carbocycles. The fraction of sp³-hybridized carbons (Fsp3) is 0.524. The van der Waals surface area contributed by atoms with Gasteiger partial charge in [0.2, 0.25) is 0 Å². The van der Waals surface area contributed by atoms with Gasteiger partial charge in [-0.2, -0.15) is 0 Å². The van der Waals surface area contributed by atoms with Gasteiger partial charge in [-0.1, -0.05) is 68.9 Å². The summed E-state index contributed by atoms with van der Waals surface area (Å²) >= 11 is 0. The van der Waals surface area contributed by atoms with Crippen molar-refractivity contribution in [3.8, 4) is 11.4 Å². The summed E-state index contributed by atoms with van der Waals surface area (Å²) in [5.74, 6) is 0.563. The highest BCUT2D eigenvalue weighted by molar-refractivity contribution is 5.70. The van der Waals surface area contributed by atoms with Crippen molar-refractivity contribution < 1.29 is 14.6 Å². The van der Waals surface area contributed by atoms with E-state index >= 15 is 0 Å². The molecule has 1 aromatic carbocycles. The van der Waals surface area contributed by atoms with Crippen LogP contribution in [0.15, 0.2) is 42.7 Å². The summed E-state index contributed by atoms with van der Waals surface area (Å²) in [4.78, 5) is 16.4. The predicted molar refractivity (Wildman–Crippen MR) is 103 cm³/mol. The number of hydrogen-bond acceptors (Lipinski definition) is 4. The highest BCUT2D eigenvalue weighted by Crippen LogP contribution is 2.16. The van der Waals surface area contributed by atoms with E-state index in [0.29, 0.717) is 13.2 Å². The summed E-state index contributed by atoms with van der Waals surface area (Å²) in [5.41, 5.74) is 0.990. The summed E-state index contributed by atoms with van der Waals surface area (Å²) < 4.78 is 7.17. The largest absolute Gasteiger partial charge is 0.464 e. The maximum atomic E-state index is 12.0. The van der Waals surface area contributed by atoms with Crippen molar-refractivity contribution in [1.29, 1.82) is 0 Å². The van der Waals surface area contributed by atoms with Gasteiger partial charge in [0.25, 0.3) is 0 Å². The second kappa shape index (κ2) is 12.3. The van der Waals surface area contributed by atoms with Crippen LogP contribution in [0.2, 0.25) is 0 Å². The molecule has 2 aromatic rings. The second-order valence-corrected chi connectivity index (χ2v) is 6.52. The molecule has 0 spiro atoms. The average Bonchev–Trinajstić information content (AvgIpc) is 3.12. The normalized spacial score (nSPS) is 10.8. The first kappa shape index (κ1) is 20.2. The smallest absolute Gasteiger partial charge is 0.326 e. The van der Waals surface area contributed by atoms with E-state index < -0.39 is 0 Å². The number of aliphatic hydroxyl groups excluding tert-OH is 1. The summed E-state index contributed by atoms with van der Waals surface area (Å²) in [5, 5.41) is 8.72. The number of carbonyl (C=O) groups excluding carboxylic acids is 1. The van der Waals surface area contributed by atoms with Gasteiger partial charge in [0, 0.05) is 24.6 Å². The second-order valence-electron chi connectivity index (χ2n) is 6.52. The summed E-state index contributed by atoms with van der Waals surface area (Å²) in [7, 11) is 0. The maximum absolute atomic E-state index is 12.0. The molecule has 0 unspecified atom stereocenters. The van der Waals surface area contributed by atoms with Crippen LogP contribution in [0.3, 0.4) is 0 Å². The van der Waals surface area contributed by atoms with Gasteiger partial charge < -0.3 is 14.4 Å². The molecular formula is C21H30N2O3. The molecule has 1 N–H and O–H groups in total. The van der Waals surface area contributed by atoms with E-state index in [1.54, 1.807) is 12.4 Å². The number of carbonyl (C=O) groups is 1. The van der Waals surface area contributed by atoms with Gasteiger partial charge in [-0.3, -0.25) is 4.79 Å². The number of imidazole rings is 1. The molecule has 26 heavy (non-hydrogen) atoms. The molecule has 0 aliphatic heterocycles. The lowest BCUT2D eigenvalue weighted by atomic mass is 10.1. The van der Waals surface area contributed by atoms with E-state index in [9.17, 15) is 4.79 Å². The van der Waals surface area contributed by atoms with Crippen LogP contribution in [0, 0.1) is 0 Å². The van der Waals surface area contributed by atoms with Crippen LogP contribution in [0.5, 0.6) is 0 Å². The minimum atomic E-state index is -0.218. The Kier molecular flexibility index (Phi) is 9.51. The predicted octanol–water partition coefficient (Wildman–Crippen LogP) is 4.21. The van der Waals surface area contributed by atoms with Crippen molar-refractivity contribution in [2.24, 2.45) is 0 Å². The summed E-state index contributed by atoms with van der Waals surface area (Å²) in [6.07, 6.45) is 12.4. The lowest BCUT2D eigenvalue weighted by Crippen LogP contribution is -2.14. The summed E-state index contributed by atoms with van der Waals surface area (Å²) in [6.45, 7) is 0.977. The molecule has 1 heterocycles. The minimum Gasteiger partial charge on any atom is -0.464 e. The van der Waals surface area contributed by atoms with Gasteiger partial charge in [0.15, 0.2) is 0 Å². The molecular weight excluding hydrogens is 328 g/mol. The number of unbranched alkanes of at least 4 members (excludes halogenated alkanes) is 7. The minimum absolute atomic E-state index is 0.190. The fourth-order valence-electron chi connectivity index (χ4n) is 2.93. The molecule has 142 valence electrons. The number of benzene rings is 1. The average molecular weight is 358 g/mol. The molecule has 0 fully saturated rings. The molecule has 0 saturated heterocycles. The third-order valence-corrected chi connectivity index (χ3v) is 4.36. The van der Waals surface area contributed by atoms with Gasteiger partial charge in [-0.15, -0.1) is 0 Å². The molecule has 1 aromatic heterocycles. The molecule has 0 bridgehead atoms. The zero-order chi connectivity index (χ0) is 18.5. The highest BCUT2D eigenvalue weighted by Gasteiger charge is 2.10. The van der Waals surface area contributed by atoms with E-state index in [1.165, 1.54) is 25.7 Å². The van der Waals surface area contributed by atoms with Crippen LogP contribution < -0.4 is 0 Å². The SMILES string of the molecule is O=C(Cn1ccnc1-c1ccccc1)OCCCCCCCCCCO. The Morgan fingerprint density at radius 2 is 1.62 bits per heavy atom. The van der Waals surface area contributed by atoms with Crippen LogP contribution in [0.4, 0.5) is 0 Å². The van der Waals surface area contributed by atoms with Crippen LogP contribution in [-0.4, -0.2) is 33.8 Å². The zero-order valence-corrected chi connectivity index (χ0v) is 15.5. The lowest BCUT2D eigenvalue weighted by molar-refractivity contribution is -0.144.